The number of carbonyl (C=O) groups excluding carboxylic acids is 2. The minimum atomic E-state index is -0.704. The van der Waals surface area contributed by atoms with Crippen LogP contribution >= 0.6 is 0 Å². The minimum Gasteiger partial charge on any atom is -0.461 e. The van der Waals surface area contributed by atoms with Crippen LogP contribution in [-0.2, 0) is 19.1 Å². The molecule has 6 bridgehead atoms. The van der Waals surface area contributed by atoms with E-state index in [-0.39, 0.29) is 35.5 Å². The van der Waals surface area contributed by atoms with Crippen molar-refractivity contribution in [2.24, 2.45) is 47.3 Å². The zero-order valence-electron chi connectivity index (χ0n) is 15.6. The molecule has 5 unspecified atom stereocenters. The summed E-state index contributed by atoms with van der Waals surface area (Å²) in [6.45, 7) is 6.40. The summed E-state index contributed by atoms with van der Waals surface area (Å²) < 4.78 is 11.9. The fourth-order valence-electron chi connectivity index (χ4n) is 7.42. The third-order valence-electron chi connectivity index (χ3n) is 8.67. The smallest absolute Gasteiger partial charge is 0.321 e. The van der Waals surface area contributed by atoms with Gasteiger partial charge in [0.25, 0.3) is 0 Å². The van der Waals surface area contributed by atoms with Gasteiger partial charge in [-0.2, -0.15) is 0 Å². The van der Waals surface area contributed by atoms with E-state index in [1.54, 1.807) is 0 Å². The van der Waals surface area contributed by atoms with Crippen LogP contribution in [0.25, 0.3) is 0 Å². The van der Waals surface area contributed by atoms with Crippen LogP contribution in [0.1, 0.15) is 59.3 Å². The lowest BCUT2D eigenvalue weighted by molar-refractivity contribution is -0.213. The van der Waals surface area contributed by atoms with Crippen molar-refractivity contribution in [3.63, 3.8) is 0 Å². The highest BCUT2D eigenvalue weighted by Gasteiger charge is 2.60. The number of esters is 2. The van der Waals surface area contributed by atoms with E-state index < -0.39 is 5.92 Å². The van der Waals surface area contributed by atoms with Gasteiger partial charge >= 0.3 is 11.9 Å². The van der Waals surface area contributed by atoms with Crippen LogP contribution in [0.3, 0.4) is 0 Å². The molecule has 6 fully saturated rings. The van der Waals surface area contributed by atoms with Crippen molar-refractivity contribution in [2.75, 3.05) is 0 Å². The summed E-state index contributed by atoms with van der Waals surface area (Å²) in [5.74, 6) is 2.00. The number of fused-ring (bicyclic) bond motifs is 2. The van der Waals surface area contributed by atoms with Gasteiger partial charge in [-0.25, -0.2) is 0 Å². The van der Waals surface area contributed by atoms with E-state index in [0.29, 0.717) is 17.8 Å². The van der Waals surface area contributed by atoms with E-state index in [4.69, 9.17) is 9.47 Å². The van der Waals surface area contributed by atoms with Gasteiger partial charge in [-0.15, -0.1) is 0 Å². The zero-order valence-corrected chi connectivity index (χ0v) is 15.6. The van der Waals surface area contributed by atoms with Crippen molar-refractivity contribution in [1.29, 1.82) is 0 Å². The molecule has 5 atom stereocenters. The van der Waals surface area contributed by atoms with E-state index in [1.807, 2.05) is 0 Å². The van der Waals surface area contributed by atoms with Gasteiger partial charge in [0.2, 0.25) is 0 Å². The van der Waals surface area contributed by atoms with Gasteiger partial charge in [0.15, 0.2) is 5.92 Å². The number of hydrogen-bond acceptors (Lipinski definition) is 4. The molecule has 0 aromatic heterocycles. The second kappa shape index (κ2) is 5.23. The standard InChI is InChI=1S/C21H30O4/c1-10-4-16-11(2)18(10)24-19(22)17(16)20(23)25-21(3)14-6-12-5-13(8-14)9-15(21)7-12/h10-18H,4-9H2,1-3H3. The number of carbonyl (C=O) groups is 2. The van der Waals surface area contributed by atoms with Crippen molar-refractivity contribution >= 4 is 11.9 Å². The Hall–Kier alpha value is -1.06. The average molecular weight is 346 g/mol. The molecule has 0 aromatic rings. The van der Waals surface area contributed by atoms with Crippen LogP contribution in [0, 0.1) is 47.3 Å². The predicted molar refractivity (Wildman–Crippen MR) is 91.3 cm³/mol. The largest absolute Gasteiger partial charge is 0.461 e. The highest BCUT2D eigenvalue weighted by molar-refractivity contribution is 5.96. The van der Waals surface area contributed by atoms with Gasteiger partial charge in [0.05, 0.1) is 0 Å². The van der Waals surface area contributed by atoms with E-state index in [2.05, 4.69) is 20.8 Å². The van der Waals surface area contributed by atoms with Gasteiger partial charge in [-0.05, 0) is 86.9 Å². The third kappa shape index (κ3) is 2.18. The molecule has 138 valence electrons. The molecule has 6 rings (SSSR count). The molecule has 0 aromatic carbocycles. The SMILES string of the molecule is CC1CC2C(C(=O)OC3(C)C4CC5CC(C4)CC3C5)C(=O)OC1C2C. The minimum absolute atomic E-state index is 0.0155. The molecular weight excluding hydrogens is 316 g/mol. The van der Waals surface area contributed by atoms with Crippen molar-refractivity contribution < 1.29 is 19.1 Å². The lowest BCUT2D eigenvalue weighted by Gasteiger charge is -2.59. The maximum atomic E-state index is 13.1. The first-order valence-corrected chi connectivity index (χ1v) is 10.3. The van der Waals surface area contributed by atoms with Crippen LogP contribution in [0.2, 0.25) is 0 Å². The summed E-state index contributed by atoms with van der Waals surface area (Å²) in [5, 5.41) is 0. The van der Waals surface area contributed by atoms with Crippen LogP contribution < -0.4 is 0 Å². The maximum absolute atomic E-state index is 13.1. The van der Waals surface area contributed by atoms with Gasteiger partial charge in [-0.3, -0.25) is 9.59 Å². The third-order valence-corrected chi connectivity index (χ3v) is 8.67. The fourth-order valence-corrected chi connectivity index (χ4v) is 7.42. The molecular formula is C21H30O4. The van der Waals surface area contributed by atoms with Gasteiger partial charge in [-0.1, -0.05) is 13.8 Å². The Morgan fingerprint density at radius 3 is 2.24 bits per heavy atom. The Morgan fingerprint density at radius 1 is 1.04 bits per heavy atom. The maximum Gasteiger partial charge on any atom is 0.321 e. The Balaban J connectivity index is 1.37. The topological polar surface area (TPSA) is 52.6 Å². The highest BCUT2D eigenvalue weighted by Crippen LogP contribution is 2.60. The van der Waals surface area contributed by atoms with Crippen LogP contribution in [0.15, 0.2) is 0 Å². The van der Waals surface area contributed by atoms with Crippen molar-refractivity contribution in [3.8, 4) is 0 Å². The molecule has 25 heavy (non-hydrogen) atoms. The predicted octanol–water partition coefficient (Wildman–Crippen LogP) is 3.58. The average Bonchev–Trinajstić information content (AvgIpc) is 2.73. The second-order valence-electron chi connectivity index (χ2n) is 10.0. The molecule has 1 saturated heterocycles. The number of rotatable bonds is 2. The van der Waals surface area contributed by atoms with E-state index >= 15 is 0 Å². The van der Waals surface area contributed by atoms with Gasteiger partial charge < -0.3 is 9.47 Å². The van der Waals surface area contributed by atoms with E-state index in [1.165, 1.54) is 32.1 Å². The summed E-state index contributed by atoms with van der Waals surface area (Å²) >= 11 is 0. The van der Waals surface area contributed by atoms with Crippen molar-refractivity contribution in [1.82, 2.24) is 0 Å². The highest BCUT2D eigenvalue weighted by atomic mass is 16.6. The Kier molecular flexibility index (Phi) is 3.38. The second-order valence-corrected chi connectivity index (χ2v) is 10.0. The van der Waals surface area contributed by atoms with Crippen molar-refractivity contribution in [3.05, 3.63) is 0 Å². The molecule has 1 heterocycles. The molecule has 5 saturated carbocycles. The summed E-state index contributed by atoms with van der Waals surface area (Å²) in [5.41, 5.74) is -0.366. The molecule has 6 aliphatic rings. The molecule has 0 N–H and O–H groups in total. The molecule has 0 spiro atoms. The molecule has 1 aliphatic heterocycles. The Morgan fingerprint density at radius 2 is 1.64 bits per heavy atom. The van der Waals surface area contributed by atoms with E-state index in [9.17, 15) is 9.59 Å². The Labute approximate surface area is 150 Å². The quantitative estimate of drug-likeness (QED) is 0.566. The number of ether oxygens (including phenoxy) is 2. The summed E-state index contributed by atoms with van der Waals surface area (Å²) in [7, 11) is 0. The van der Waals surface area contributed by atoms with Crippen LogP contribution in [0.5, 0.6) is 0 Å². The van der Waals surface area contributed by atoms with Crippen molar-refractivity contribution in [2.45, 2.75) is 71.0 Å². The van der Waals surface area contributed by atoms with Gasteiger partial charge in [0, 0.05) is 0 Å². The van der Waals surface area contributed by atoms with Crippen LogP contribution in [-0.4, -0.2) is 23.6 Å². The zero-order chi connectivity index (χ0) is 17.5. The monoisotopic (exact) mass is 346 g/mol. The molecule has 4 heteroatoms. The first-order valence-electron chi connectivity index (χ1n) is 10.3. The first-order chi connectivity index (χ1) is 11.9. The molecule has 0 radical (unpaired) electrons. The normalized spacial score (nSPS) is 56.0. The summed E-state index contributed by atoms with van der Waals surface area (Å²) in [6.07, 6.45) is 7.06. The van der Waals surface area contributed by atoms with Gasteiger partial charge in [0.1, 0.15) is 11.7 Å². The molecule has 5 aliphatic carbocycles. The fraction of sp³-hybridized carbons (Fsp3) is 0.905. The molecule has 4 nitrogen and oxygen atoms in total. The number of hydrogen-bond donors (Lipinski definition) is 0. The lowest BCUT2D eigenvalue weighted by Crippen LogP contribution is -2.59. The van der Waals surface area contributed by atoms with E-state index in [0.717, 1.165) is 18.3 Å². The lowest BCUT2D eigenvalue weighted by atomic mass is 9.50. The van der Waals surface area contributed by atoms with Crippen LogP contribution in [0.4, 0.5) is 0 Å². The molecule has 0 amide bonds. The summed E-state index contributed by atoms with van der Waals surface area (Å²) in [4.78, 5) is 25.6. The Bertz CT molecular complexity index is 583. The first kappa shape index (κ1) is 16.1. The summed E-state index contributed by atoms with van der Waals surface area (Å²) in [6, 6.07) is 0.